The molecule has 11 nitrogen and oxygen atoms in total. The minimum Gasteiger partial charge on any atom is -0.481 e. The van der Waals surface area contributed by atoms with Crippen LogP contribution in [-0.4, -0.2) is 83.0 Å². The highest BCUT2D eigenvalue weighted by Gasteiger charge is 2.70. The number of carboxylic acid groups (broad SMARTS) is 1. The molecule has 0 unspecified atom stereocenters. The van der Waals surface area contributed by atoms with Gasteiger partial charge in [-0.1, -0.05) is 64.7 Å². The number of carboxylic acids is 1. The number of carbonyl (C=O) groups is 1. The number of nitrogens with two attached hydrogens (primary N) is 1. The van der Waals surface area contributed by atoms with E-state index in [4.69, 9.17) is 19.9 Å². The minimum atomic E-state index is -0.621. The van der Waals surface area contributed by atoms with Gasteiger partial charge in [-0.25, -0.2) is 0 Å². The van der Waals surface area contributed by atoms with Crippen molar-refractivity contribution in [1.29, 1.82) is 0 Å². The van der Waals surface area contributed by atoms with Crippen LogP contribution in [0.5, 0.6) is 0 Å². The van der Waals surface area contributed by atoms with Crippen LogP contribution in [0.4, 0.5) is 5.95 Å². The predicted octanol–water partition coefficient (Wildman–Crippen LogP) is 5.68. The van der Waals surface area contributed by atoms with Gasteiger partial charge in [-0.3, -0.25) is 4.79 Å². The second kappa shape index (κ2) is 12.0. The van der Waals surface area contributed by atoms with Crippen LogP contribution in [0.2, 0.25) is 0 Å². The standard InChI is InChI=1S/C38H62N6O5/c1-23(2)24(3)33(4)13-14-35(6)25-9-10-28-34(5)20-48-22-38(28,26(25)11-12-36(35,7)29(33)31(45)46)19-27(44-42-32(39)41-43-44)30(34)49-21-37(40-8)15-17-47-18-16-37/h23-24,27-30,40H,9-22H2,1-8H3,(H2,39,42)(H,45,46)/t24-,27-,28+,29-,30+,33-,34-,35+,36+,38+/m1/s1. The van der Waals surface area contributed by atoms with Gasteiger partial charge in [-0.2, -0.15) is 4.80 Å². The monoisotopic (exact) mass is 682 g/mol. The Morgan fingerprint density at radius 1 is 1.04 bits per heavy atom. The van der Waals surface area contributed by atoms with Crippen LogP contribution >= 0.6 is 0 Å². The molecule has 2 saturated carbocycles. The molecule has 4 fully saturated rings. The molecule has 2 bridgehead atoms. The number of allylic oxidation sites excluding steroid dienone is 1. The van der Waals surface area contributed by atoms with Crippen molar-refractivity contribution in [2.75, 3.05) is 45.8 Å². The summed E-state index contributed by atoms with van der Waals surface area (Å²) < 4.78 is 19.6. The molecule has 0 spiro atoms. The molecule has 4 aliphatic carbocycles. The number of nitrogen functional groups attached to an aromatic ring is 1. The maximum atomic E-state index is 13.5. The highest BCUT2D eigenvalue weighted by molar-refractivity contribution is 5.73. The number of aromatic nitrogens is 4. The normalized spacial score (nSPS) is 43.8. The van der Waals surface area contributed by atoms with Gasteiger partial charge in [0.25, 0.3) is 5.95 Å². The first kappa shape index (κ1) is 35.3. The lowest BCUT2D eigenvalue weighted by molar-refractivity contribution is -0.244. The number of ether oxygens (including phenoxy) is 3. The Bertz CT molecular complexity index is 1470. The molecule has 1 aromatic rings. The molecule has 6 aliphatic rings. The molecule has 0 aromatic carbocycles. The number of nitrogens with one attached hydrogen (secondary N) is 1. The number of tetrazole rings is 1. The van der Waals surface area contributed by atoms with Gasteiger partial charge in [-0.05, 0) is 104 Å². The summed E-state index contributed by atoms with van der Waals surface area (Å²) in [5.41, 5.74) is 7.71. The smallest absolute Gasteiger partial charge is 0.307 e. The first-order valence-electron chi connectivity index (χ1n) is 19.1. The molecule has 10 atom stereocenters. The van der Waals surface area contributed by atoms with Crippen molar-refractivity contribution in [3.05, 3.63) is 11.1 Å². The average molecular weight is 683 g/mol. The molecule has 4 N–H and O–H groups in total. The molecule has 3 heterocycles. The van der Waals surface area contributed by atoms with Crippen LogP contribution in [0.15, 0.2) is 11.1 Å². The summed E-state index contributed by atoms with van der Waals surface area (Å²) in [6.45, 7) is 19.5. The van der Waals surface area contributed by atoms with Gasteiger partial charge in [0.2, 0.25) is 0 Å². The molecule has 0 radical (unpaired) electrons. The molecule has 274 valence electrons. The number of anilines is 1. The predicted molar refractivity (Wildman–Crippen MR) is 186 cm³/mol. The van der Waals surface area contributed by atoms with Gasteiger partial charge >= 0.3 is 5.97 Å². The Labute approximate surface area is 292 Å². The van der Waals surface area contributed by atoms with Crippen molar-refractivity contribution < 1.29 is 24.1 Å². The number of aliphatic carboxylic acids is 1. The first-order chi connectivity index (χ1) is 23.1. The van der Waals surface area contributed by atoms with Crippen LogP contribution < -0.4 is 11.1 Å². The summed E-state index contributed by atoms with van der Waals surface area (Å²) in [5, 5.41) is 27.9. The topological polar surface area (TPSA) is 147 Å². The van der Waals surface area contributed by atoms with E-state index in [1.807, 2.05) is 7.05 Å². The number of rotatable bonds is 8. The Kier molecular flexibility index (Phi) is 8.64. The Balaban J connectivity index is 1.30. The highest BCUT2D eigenvalue weighted by Crippen LogP contribution is 2.75. The van der Waals surface area contributed by atoms with Crippen LogP contribution in [0, 0.1) is 50.7 Å². The molecule has 0 amide bonds. The van der Waals surface area contributed by atoms with E-state index in [1.165, 1.54) is 11.1 Å². The molecule has 49 heavy (non-hydrogen) atoms. The molecule has 11 heteroatoms. The minimum absolute atomic E-state index is 0.147. The second-order valence-corrected chi connectivity index (χ2v) is 18.4. The third-order valence-electron chi connectivity index (χ3n) is 16.3. The zero-order valence-corrected chi connectivity index (χ0v) is 31.3. The fourth-order valence-corrected chi connectivity index (χ4v) is 12.9. The molecular formula is C38H62N6O5. The molecular weight excluding hydrogens is 620 g/mol. The third-order valence-corrected chi connectivity index (χ3v) is 16.3. The van der Waals surface area contributed by atoms with Gasteiger partial charge < -0.3 is 30.4 Å². The summed E-state index contributed by atoms with van der Waals surface area (Å²) in [4.78, 5) is 15.2. The van der Waals surface area contributed by atoms with E-state index in [9.17, 15) is 9.90 Å². The van der Waals surface area contributed by atoms with Crippen molar-refractivity contribution in [2.24, 2.45) is 50.7 Å². The first-order valence-corrected chi connectivity index (χ1v) is 19.1. The number of nitrogens with zero attached hydrogens (tertiary/aromatic N) is 4. The van der Waals surface area contributed by atoms with Gasteiger partial charge in [0, 0.05) is 29.6 Å². The molecule has 7 rings (SSSR count). The van der Waals surface area contributed by atoms with Gasteiger partial charge in [0.1, 0.15) is 6.04 Å². The van der Waals surface area contributed by atoms with Crippen LogP contribution in [-0.2, 0) is 19.0 Å². The number of likely N-dealkylation sites (N-methyl/N-ethyl adjacent to an activating group) is 1. The Morgan fingerprint density at radius 2 is 1.78 bits per heavy atom. The van der Waals surface area contributed by atoms with Crippen molar-refractivity contribution in [3.63, 3.8) is 0 Å². The molecule has 2 saturated heterocycles. The van der Waals surface area contributed by atoms with E-state index in [2.05, 4.69) is 69.2 Å². The molecule has 2 aliphatic heterocycles. The summed E-state index contributed by atoms with van der Waals surface area (Å²) >= 11 is 0. The third kappa shape index (κ3) is 4.94. The van der Waals surface area contributed by atoms with E-state index in [0.29, 0.717) is 37.6 Å². The fourth-order valence-electron chi connectivity index (χ4n) is 12.9. The van der Waals surface area contributed by atoms with Gasteiger partial charge in [-0.15, -0.1) is 5.10 Å². The maximum Gasteiger partial charge on any atom is 0.307 e. The average Bonchev–Trinajstić information content (AvgIpc) is 3.50. The quantitative estimate of drug-likeness (QED) is 0.293. The van der Waals surface area contributed by atoms with Gasteiger partial charge in [0.05, 0.1) is 31.8 Å². The number of hydrogen-bond donors (Lipinski definition) is 3. The Morgan fingerprint density at radius 3 is 2.41 bits per heavy atom. The lowest BCUT2D eigenvalue weighted by Gasteiger charge is -2.69. The highest BCUT2D eigenvalue weighted by atomic mass is 16.5. The summed E-state index contributed by atoms with van der Waals surface area (Å²) in [6.07, 6.45) is 8.18. The van der Waals surface area contributed by atoms with Crippen molar-refractivity contribution in [3.8, 4) is 0 Å². The molecule has 1 aromatic heterocycles. The van der Waals surface area contributed by atoms with Crippen molar-refractivity contribution in [1.82, 2.24) is 25.5 Å². The van der Waals surface area contributed by atoms with E-state index < -0.39 is 11.9 Å². The number of fused-ring (bicyclic) bond motifs is 2. The largest absolute Gasteiger partial charge is 0.481 e. The maximum absolute atomic E-state index is 13.5. The lowest BCUT2D eigenvalue weighted by atomic mass is 9.36. The van der Waals surface area contributed by atoms with Crippen LogP contribution in [0.3, 0.4) is 0 Å². The van der Waals surface area contributed by atoms with Crippen molar-refractivity contribution in [2.45, 2.75) is 124 Å². The summed E-state index contributed by atoms with van der Waals surface area (Å²) in [6, 6.07) is -0.162. The lowest BCUT2D eigenvalue weighted by Crippen LogP contribution is -2.68. The van der Waals surface area contributed by atoms with Crippen LogP contribution in [0.25, 0.3) is 0 Å². The van der Waals surface area contributed by atoms with E-state index >= 15 is 0 Å². The summed E-state index contributed by atoms with van der Waals surface area (Å²) in [7, 11) is 2.03. The number of hydrogen-bond acceptors (Lipinski definition) is 9. The second-order valence-electron chi connectivity index (χ2n) is 18.4. The van der Waals surface area contributed by atoms with E-state index in [0.717, 1.165) is 71.0 Å². The fraction of sp³-hybridized carbons (Fsp3) is 0.895. The summed E-state index contributed by atoms with van der Waals surface area (Å²) in [5.74, 6) is 0.252. The van der Waals surface area contributed by atoms with Crippen molar-refractivity contribution >= 4 is 11.9 Å². The SMILES string of the molecule is CNC1(CO[C@H]2[C@H](n3nnc(N)n3)C[C@@]34COC[C@]2(C)[C@@H]3CCC2=C4CC[C@@]3(C)[C@H](C(=O)O)[C@@](C)([C@H](C)C(C)C)CC[C@@]23C)CCOCC1. The van der Waals surface area contributed by atoms with Crippen LogP contribution in [0.1, 0.15) is 112 Å². The zero-order valence-electron chi connectivity index (χ0n) is 31.3. The van der Waals surface area contributed by atoms with E-state index in [1.54, 1.807) is 4.80 Å². The van der Waals surface area contributed by atoms with E-state index in [-0.39, 0.29) is 50.7 Å². The zero-order chi connectivity index (χ0) is 35.2. The van der Waals surface area contributed by atoms with Gasteiger partial charge in [0.15, 0.2) is 0 Å². The Hall–Kier alpha value is -2.08.